The van der Waals surface area contributed by atoms with Crippen molar-refractivity contribution in [2.45, 2.75) is 58.7 Å². The third-order valence-corrected chi connectivity index (χ3v) is 4.38. The first kappa shape index (κ1) is 13.8. The molecular formula is C13H23ClN4. The van der Waals surface area contributed by atoms with Gasteiger partial charge in [-0.15, -0.1) is 0 Å². The molecule has 0 bridgehead atoms. The molecule has 1 aliphatic heterocycles. The van der Waals surface area contributed by atoms with Gasteiger partial charge in [-0.3, -0.25) is 4.68 Å². The zero-order valence-corrected chi connectivity index (χ0v) is 12.5. The first-order valence-corrected chi connectivity index (χ1v) is 7.08. The number of hydrogen-bond donors (Lipinski definition) is 1. The quantitative estimate of drug-likeness (QED) is 0.917. The molecule has 2 rings (SSSR count). The van der Waals surface area contributed by atoms with Crippen LogP contribution in [0.25, 0.3) is 0 Å². The third-order valence-electron chi connectivity index (χ3n) is 3.88. The molecule has 0 saturated carbocycles. The van der Waals surface area contributed by atoms with Crippen LogP contribution in [0.3, 0.4) is 0 Å². The number of hydrazine groups is 1. The average molecular weight is 271 g/mol. The van der Waals surface area contributed by atoms with Crippen LogP contribution in [0, 0.1) is 6.92 Å². The van der Waals surface area contributed by atoms with Crippen molar-refractivity contribution in [3.63, 3.8) is 0 Å². The van der Waals surface area contributed by atoms with Gasteiger partial charge in [-0.1, -0.05) is 18.0 Å². The molecule has 0 radical (unpaired) electrons. The molecule has 0 aliphatic carbocycles. The van der Waals surface area contributed by atoms with Crippen LogP contribution in [-0.4, -0.2) is 26.9 Å². The van der Waals surface area contributed by atoms with E-state index in [-0.39, 0.29) is 0 Å². The molecule has 1 aliphatic rings. The Balaban J connectivity index is 2.02. The van der Waals surface area contributed by atoms with Crippen LogP contribution in [0.5, 0.6) is 0 Å². The topological polar surface area (TPSA) is 33.1 Å². The SMILES string of the molecule is Cc1nn(C)c(CNN2C(C)CCCC2C)c1Cl. The zero-order chi connectivity index (χ0) is 13.3. The van der Waals surface area contributed by atoms with Gasteiger partial charge in [0.2, 0.25) is 0 Å². The second kappa shape index (κ2) is 5.59. The van der Waals surface area contributed by atoms with Gasteiger partial charge in [-0.05, 0) is 33.6 Å². The predicted molar refractivity (Wildman–Crippen MR) is 74.4 cm³/mol. The van der Waals surface area contributed by atoms with E-state index in [9.17, 15) is 0 Å². The Morgan fingerprint density at radius 3 is 2.44 bits per heavy atom. The number of nitrogens with one attached hydrogen (secondary N) is 1. The highest BCUT2D eigenvalue weighted by Crippen LogP contribution is 2.22. The van der Waals surface area contributed by atoms with Gasteiger partial charge in [0.25, 0.3) is 0 Å². The second-order valence-electron chi connectivity index (χ2n) is 5.34. The molecule has 2 atom stereocenters. The van der Waals surface area contributed by atoms with Crippen molar-refractivity contribution in [1.29, 1.82) is 0 Å². The van der Waals surface area contributed by atoms with Crippen LogP contribution in [0.1, 0.15) is 44.5 Å². The van der Waals surface area contributed by atoms with E-state index in [1.54, 1.807) is 0 Å². The minimum atomic E-state index is 0.585. The minimum Gasteiger partial charge on any atom is -0.269 e. The fourth-order valence-corrected chi connectivity index (χ4v) is 3.00. The van der Waals surface area contributed by atoms with E-state index < -0.39 is 0 Å². The summed E-state index contributed by atoms with van der Waals surface area (Å²) < 4.78 is 1.87. The fourth-order valence-electron chi connectivity index (χ4n) is 2.77. The Bertz CT molecular complexity index is 405. The van der Waals surface area contributed by atoms with E-state index in [0.29, 0.717) is 12.1 Å². The predicted octanol–water partition coefficient (Wildman–Crippen LogP) is 2.65. The Kier molecular flexibility index (Phi) is 4.30. The van der Waals surface area contributed by atoms with E-state index >= 15 is 0 Å². The lowest BCUT2D eigenvalue weighted by molar-refractivity contribution is 0.0427. The molecule has 1 aromatic heterocycles. The van der Waals surface area contributed by atoms with E-state index in [1.165, 1.54) is 19.3 Å². The number of hydrogen-bond acceptors (Lipinski definition) is 3. The summed E-state index contributed by atoms with van der Waals surface area (Å²) in [5, 5.41) is 7.48. The van der Waals surface area contributed by atoms with Crippen molar-refractivity contribution >= 4 is 11.6 Å². The third kappa shape index (κ3) is 2.71. The Morgan fingerprint density at radius 1 is 1.33 bits per heavy atom. The van der Waals surface area contributed by atoms with E-state index in [0.717, 1.165) is 23.0 Å². The summed E-state index contributed by atoms with van der Waals surface area (Å²) in [4.78, 5) is 0. The lowest BCUT2D eigenvalue weighted by atomic mass is 10.00. The molecule has 1 saturated heterocycles. The van der Waals surface area contributed by atoms with Crippen LogP contribution in [-0.2, 0) is 13.6 Å². The summed E-state index contributed by atoms with van der Waals surface area (Å²) in [6.45, 7) is 7.24. The molecule has 1 fully saturated rings. The second-order valence-corrected chi connectivity index (χ2v) is 5.72. The van der Waals surface area contributed by atoms with E-state index in [2.05, 4.69) is 29.4 Å². The molecule has 5 heteroatoms. The number of halogens is 1. The molecule has 0 spiro atoms. The summed E-state index contributed by atoms with van der Waals surface area (Å²) in [7, 11) is 1.94. The van der Waals surface area contributed by atoms with Crippen molar-refractivity contribution in [1.82, 2.24) is 20.2 Å². The first-order valence-electron chi connectivity index (χ1n) is 6.70. The van der Waals surface area contributed by atoms with Gasteiger partial charge in [0.15, 0.2) is 0 Å². The van der Waals surface area contributed by atoms with Crippen LogP contribution < -0.4 is 5.43 Å². The Morgan fingerprint density at radius 2 is 1.94 bits per heavy atom. The number of rotatable bonds is 3. The molecule has 1 aromatic rings. The standard InChI is InChI=1S/C13H23ClN4/c1-9-6-5-7-10(2)18(9)15-8-12-13(14)11(3)16-17(12)4/h9-10,15H,5-8H2,1-4H3. The minimum absolute atomic E-state index is 0.585. The highest BCUT2D eigenvalue weighted by Gasteiger charge is 2.24. The summed E-state index contributed by atoms with van der Waals surface area (Å²) >= 11 is 6.26. The van der Waals surface area contributed by atoms with Gasteiger partial charge in [0.1, 0.15) is 0 Å². The lowest BCUT2D eigenvalue weighted by Crippen LogP contribution is -2.51. The van der Waals surface area contributed by atoms with Gasteiger partial charge < -0.3 is 0 Å². The van der Waals surface area contributed by atoms with Crippen LogP contribution >= 0.6 is 11.6 Å². The number of nitrogens with zero attached hydrogens (tertiary/aromatic N) is 3. The highest BCUT2D eigenvalue weighted by atomic mass is 35.5. The average Bonchev–Trinajstić information content (AvgIpc) is 2.54. The smallest absolute Gasteiger partial charge is 0.0860 e. The van der Waals surface area contributed by atoms with Gasteiger partial charge in [0.05, 0.1) is 23.0 Å². The first-order chi connectivity index (χ1) is 8.50. The number of aromatic nitrogens is 2. The summed E-state index contributed by atoms with van der Waals surface area (Å²) in [6, 6.07) is 1.17. The van der Waals surface area contributed by atoms with Gasteiger partial charge in [-0.25, -0.2) is 10.4 Å². The lowest BCUT2D eigenvalue weighted by Gasteiger charge is -2.39. The van der Waals surface area contributed by atoms with E-state index in [4.69, 9.17) is 11.6 Å². The van der Waals surface area contributed by atoms with Crippen molar-refractivity contribution in [2.75, 3.05) is 0 Å². The maximum absolute atomic E-state index is 6.26. The molecule has 2 heterocycles. The molecule has 4 nitrogen and oxygen atoms in total. The zero-order valence-electron chi connectivity index (χ0n) is 11.7. The van der Waals surface area contributed by atoms with Gasteiger partial charge in [0, 0.05) is 19.1 Å². The Hall–Kier alpha value is -0.580. The van der Waals surface area contributed by atoms with Crippen LogP contribution in [0.2, 0.25) is 5.02 Å². The molecule has 0 aromatic carbocycles. The molecule has 18 heavy (non-hydrogen) atoms. The van der Waals surface area contributed by atoms with Crippen LogP contribution in [0.15, 0.2) is 0 Å². The Labute approximate surface area is 114 Å². The molecule has 102 valence electrons. The number of aryl methyl sites for hydroxylation is 2. The molecule has 2 unspecified atom stereocenters. The van der Waals surface area contributed by atoms with Crippen molar-refractivity contribution < 1.29 is 0 Å². The molecular weight excluding hydrogens is 248 g/mol. The van der Waals surface area contributed by atoms with Crippen molar-refractivity contribution in [2.24, 2.45) is 7.05 Å². The monoisotopic (exact) mass is 270 g/mol. The van der Waals surface area contributed by atoms with Crippen molar-refractivity contribution in [3.05, 3.63) is 16.4 Å². The summed E-state index contributed by atoms with van der Waals surface area (Å²) in [6.07, 6.45) is 3.84. The number of piperidine rings is 1. The maximum atomic E-state index is 6.26. The highest BCUT2D eigenvalue weighted by molar-refractivity contribution is 6.31. The van der Waals surface area contributed by atoms with Gasteiger partial charge in [-0.2, -0.15) is 5.10 Å². The summed E-state index contributed by atoms with van der Waals surface area (Å²) in [5.74, 6) is 0. The maximum Gasteiger partial charge on any atom is 0.0860 e. The summed E-state index contributed by atoms with van der Waals surface area (Å²) in [5.41, 5.74) is 5.47. The molecule has 0 amide bonds. The fraction of sp³-hybridized carbons (Fsp3) is 0.769. The van der Waals surface area contributed by atoms with Crippen molar-refractivity contribution in [3.8, 4) is 0 Å². The normalized spacial score (nSPS) is 25.6. The molecule has 1 N–H and O–H groups in total. The van der Waals surface area contributed by atoms with Gasteiger partial charge >= 0.3 is 0 Å². The van der Waals surface area contributed by atoms with Crippen LogP contribution in [0.4, 0.5) is 0 Å². The van der Waals surface area contributed by atoms with E-state index in [1.807, 2.05) is 18.7 Å². The largest absolute Gasteiger partial charge is 0.269 e.